The lowest BCUT2D eigenvalue weighted by molar-refractivity contribution is 0.0981. The van der Waals surface area contributed by atoms with E-state index in [9.17, 15) is 4.79 Å². The Hall–Kier alpha value is -1.87. The largest absolute Gasteiger partial charge is 0.379 e. The first-order valence-electron chi connectivity index (χ1n) is 4.94. The predicted molar refractivity (Wildman–Crippen MR) is 65.1 cm³/mol. The minimum absolute atomic E-state index is 0.142. The molecule has 1 N–H and O–H groups in total. The van der Waals surface area contributed by atoms with Gasteiger partial charge in [-0.3, -0.25) is 4.79 Å². The van der Waals surface area contributed by atoms with E-state index >= 15 is 0 Å². The van der Waals surface area contributed by atoms with Gasteiger partial charge < -0.3 is 4.98 Å². The highest BCUT2D eigenvalue weighted by Crippen LogP contribution is 2.18. The number of hydrogen-bond acceptors (Lipinski definition) is 1. The standard InChI is InChI=1S/C13H10NOSi/c15-13(14-16)12-8-6-11(7-9-12)10-4-2-1-3-5-10/h1-9H,(H,14,15). The summed E-state index contributed by atoms with van der Waals surface area (Å²) in [6.07, 6.45) is 0. The van der Waals surface area contributed by atoms with Crippen LogP contribution in [0.4, 0.5) is 0 Å². The molecule has 0 saturated carbocycles. The Morgan fingerprint density at radius 3 is 2.00 bits per heavy atom. The number of rotatable bonds is 2. The molecule has 2 aromatic rings. The molecular formula is C13H10NOSi. The van der Waals surface area contributed by atoms with Gasteiger partial charge in [0.15, 0.2) is 10.4 Å². The van der Waals surface area contributed by atoms with E-state index in [1.165, 1.54) is 0 Å². The van der Waals surface area contributed by atoms with Crippen LogP contribution >= 0.6 is 0 Å². The van der Waals surface area contributed by atoms with Crippen LogP contribution in [0.1, 0.15) is 10.4 Å². The van der Waals surface area contributed by atoms with Crippen LogP contribution in [0, 0.1) is 0 Å². The third-order valence-electron chi connectivity index (χ3n) is 2.37. The van der Waals surface area contributed by atoms with E-state index in [1.54, 1.807) is 12.1 Å². The highest BCUT2D eigenvalue weighted by Gasteiger charge is 2.02. The SMILES string of the molecule is O=C(N[Si])c1ccc(-c2ccccc2)cc1. The van der Waals surface area contributed by atoms with Crippen LogP contribution in [0.15, 0.2) is 54.6 Å². The van der Waals surface area contributed by atoms with Gasteiger partial charge in [0.2, 0.25) is 5.91 Å². The van der Waals surface area contributed by atoms with E-state index in [0.29, 0.717) is 5.56 Å². The van der Waals surface area contributed by atoms with E-state index < -0.39 is 0 Å². The van der Waals surface area contributed by atoms with Crippen molar-refractivity contribution in [1.82, 2.24) is 4.98 Å². The van der Waals surface area contributed by atoms with Crippen LogP contribution in [0.25, 0.3) is 11.1 Å². The predicted octanol–water partition coefficient (Wildman–Crippen LogP) is 2.17. The van der Waals surface area contributed by atoms with Crippen LogP contribution in [0.3, 0.4) is 0 Å². The summed E-state index contributed by atoms with van der Waals surface area (Å²) in [4.78, 5) is 13.7. The smallest absolute Gasteiger partial charge is 0.243 e. The Labute approximate surface area is 97.8 Å². The van der Waals surface area contributed by atoms with Crippen LogP contribution < -0.4 is 4.98 Å². The topological polar surface area (TPSA) is 29.1 Å². The first-order chi connectivity index (χ1) is 7.81. The monoisotopic (exact) mass is 224 g/mol. The summed E-state index contributed by atoms with van der Waals surface area (Å²) in [7, 11) is 2.96. The molecule has 2 rings (SSSR count). The molecule has 1 amide bonds. The average Bonchev–Trinajstić information content (AvgIpc) is 2.39. The van der Waals surface area contributed by atoms with Crippen molar-refractivity contribution in [1.29, 1.82) is 0 Å². The van der Waals surface area contributed by atoms with Crippen LogP contribution in [-0.2, 0) is 0 Å². The Morgan fingerprint density at radius 1 is 0.875 bits per heavy atom. The second kappa shape index (κ2) is 4.77. The lowest BCUT2D eigenvalue weighted by Crippen LogP contribution is -2.19. The van der Waals surface area contributed by atoms with E-state index in [1.807, 2.05) is 42.5 Å². The van der Waals surface area contributed by atoms with Crippen molar-refractivity contribution >= 4 is 16.3 Å². The third-order valence-corrected chi connectivity index (χ3v) is 2.59. The normalized spacial score (nSPS) is 9.81. The van der Waals surface area contributed by atoms with Gasteiger partial charge in [-0.05, 0) is 23.3 Å². The molecule has 0 aliphatic carbocycles. The lowest BCUT2D eigenvalue weighted by atomic mass is 10.0. The minimum Gasteiger partial charge on any atom is -0.379 e. The van der Waals surface area contributed by atoms with Crippen molar-refractivity contribution in [2.45, 2.75) is 0 Å². The van der Waals surface area contributed by atoms with Gasteiger partial charge in [-0.15, -0.1) is 0 Å². The number of carbonyl (C=O) groups excluding carboxylic acids is 1. The van der Waals surface area contributed by atoms with Crippen LogP contribution in [0.5, 0.6) is 0 Å². The molecule has 2 nitrogen and oxygen atoms in total. The molecule has 0 atom stereocenters. The first kappa shape index (κ1) is 10.6. The van der Waals surface area contributed by atoms with Crippen LogP contribution in [-0.4, -0.2) is 16.3 Å². The molecule has 2 aromatic carbocycles. The lowest BCUT2D eigenvalue weighted by Gasteiger charge is -2.03. The Bertz CT molecular complexity index is 479. The third kappa shape index (κ3) is 2.20. The molecule has 0 bridgehead atoms. The summed E-state index contributed by atoms with van der Waals surface area (Å²) in [5.41, 5.74) is 2.88. The summed E-state index contributed by atoms with van der Waals surface area (Å²) < 4.78 is 0. The van der Waals surface area contributed by atoms with Crippen LogP contribution in [0.2, 0.25) is 0 Å². The highest BCUT2D eigenvalue weighted by atomic mass is 28.2. The molecule has 0 aliphatic rings. The maximum atomic E-state index is 11.3. The summed E-state index contributed by atoms with van der Waals surface area (Å²) in [5.74, 6) is -0.142. The summed E-state index contributed by atoms with van der Waals surface area (Å²) in [5, 5.41) is 0. The second-order valence-electron chi connectivity index (χ2n) is 3.40. The number of hydrogen-bond donors (Lipinski definition) is 1. The molecule has 0 fully saturated rings. The Kier molecular flexibility index (Phi) is 3.17. The fraction of sp³-hybridized carbons (Fsp3) is 0. The number of benzene rings is 2. The zero-order valence-corrected chi connectivity index (χ0v) is 9.60. The van der Waals surface area contributed by atoms with E-state index in [4.69, 9.17) is 0 Å². The zero-order valence-electron chi connectivity index (χ0n) is 8.60. The van der Waals surface area contributed by atoms with Gasteiger partial charge in [-0.1, -0.05) is 42.5 Å². The molecular weight excluding hydrogens is 214 g/mol. The molecule has 16 heavy (non-hydrogen) atoms. The number of carbonyl (C=O) groups is 1. The van der Waals surface area contributed by atoms with Crippen molar-refractivity contribution in [2.24, 2.45) is 0 Å². The van der Waals surface area contributed by atoms with Crippen molar-refractivity contribution in [3.8, 4) is 11.1 Å². The second-order valence-corrected chi connectivity index (χ2v) is 3.65. The molecule has 3 radical (unpaired) electrons. The molecule has 77 valence electrons. The summed E-state index contributed by atoms with van der Waals surface area (Å²) in [6, 6.07) is 17.5. The fourth-order valence-corrected chi connectivity index (χ4v) is 1.66. The Balaban J connectivity index is 2.30. The van der Waals surface area contributed by atoms with Gasteiger partial charge in [0.1, 0.15) is 0 Å². The minimum atomic E-state index is -0.142. The van der Waals surface area contributed by atoms with Gasteiger partial charge in [0, 0.05) is 5.56 Å². The Morgan fingerprint density at radius 2 is 1.44 bits per heavy atom. The van der Waals surface area contributed by atoms with E-state index in [-0.39, 0.29) is 5.91 Å². The van der Waals surface area contributed by atoms with Crippen molar-refractivity contribution < 1.29 is 4.79 Å². The van der Waals surface area contributed by atoms with E-state index in [0.717, 1.165) is 11.1 Å². The molecule has 3 heteroatoms. The maximum absolute atomic E-state index is 11.3. The maximum Gasteiger partial charge on any atom is 0.243 e. The van der Waals surface area contributed by atoms with Gasteiger partial charge in [-0.2, -0.15) is 0 Å². The fourth-order valence-electron chi connectivity index (χ4n) is 1.52. The summed E-state index contributed by atoms with van der Waals surface area (Å²) in [6.45, 7) is 0. The van der Waals surface area contributed by atoms with Gasteiger partial charge in [0.05, 0.1) is 0 Å². The average molecular weight is 224 g/mol. The zero-order chi connectivity index (χ0) is 11.4. The molecule has 0 unspecified atom stereocenters. The molecule has 0 saturated heterocycles. The van der Waals surface area contributed by atoms with Gasteiger partial charge >= 0.3 is 0 Å². The van der Waals surface area contributed by atoms with Gasteiger partial charge in [-0.25, -0.2) is 0 Å². The quantitative estimate of drug-likeness (QED) is 0.778. The highest BCUT2D eigenvalue weighted by molar-refractivity contribution is 6.18. The van der Waals surface area contributed by atoms with Crippen molar-refractivity contribution in [3.63, 3.8) is 0 Å². The van der Waals surface area contributed by atoms with Crippen molar-refractivity contribution in [2.75, 3.05) is 0 Å². The molecule has 0 spiro atoms. The first-order valence-corrected chi connectivity index (χ1v) is 5.44. The van der Waals surface area contributed by atoms with Gasteiger partial charge in [0.25, 0.3) is 0 Å². The number of amides is 1. The summed E-state index contributed by atoms with van der Waals surface area (Å²) >= 11 is 0. The van der Waals surface area contributed by atoms with E-state index in [2.05, 4.69) is 15.4 Å². The molecule has 0 aromatic heterocycles. The van der Waals surface area contributed by atoms with Crippen molar-refractivity contribution in [3.05, 3.63) is 60.2 Å². The molecule has 0 heterocycles. The number of nitrogens with one attached hydrogen (secondary N) is 1. The molecule has 0 aliphatic heterocycles.